The molecule has 1 heterocycles. The number of aryl methyl sites for hydroxylation is 1. The number of hydrogen-bond donors (Lipinski definition) is 1. The molecule has 0 aliphatic carbocycles. The molecule has 1 N–H and O–H groups in total. The van der Waals surface area contributed by atoms with Crippen molar-refractivity contribution in [3.63, 3.8) is 0 Å². The van der Waals surface area contributed by atoms with E-state index in [0.29, 0.717) is 4.88 Å². The third kappa shape index (κ3) is 5.10. The number of thiophene rings is 1. The molecule has 0 saturated carbocycles. The third-order valence-electron chi connectivity index (χ3n) is 4.37. The Morgan fingerprint density at radius 3 is 2.66 bits per heavy atom. The van der Waals surface area contributed by atoms with Gasteiger partial charge in [-0.3, -0.25) is 4.79 Å². The Labute approximate surface area is 175 Å². The van der Waals surface area contributed by atoms with Gasteiger partial charge in [0.25, 0.3) is 5.91 Å². The van der Waals surface area contributed by atoms with Crippen LogP contribution in [0.3, 0.4) is 0 Å². The molecule has 0 aliphatic rings. The van der Waals surface area contributed by atoms with E-state index >= 15 is 0 Å². The first-order valence-electron chi connectivity index (χ1n) is 8.59. The Balaban J connectivity index is 1.69. The molecule has 0 atom stereocenters. The molecule has 2 aromatic carbocycles. The fourth-order valence-corrected chi connectivity index (χ4v) is 3.55. The van der Waals surface area contributed by atoms with Crippen molar-refractivity contribution in [2.24, 2.45) is 0 Å². The Morgan fingerprint density at radius 1 is 1.17 bits per heavy atom. The van der Waals surface area contributed by atoms with Crippen LogP contribution in [0.2, 0.25) is 5.02 Å². The molecule has 1 amide bonds. The van der Waals surface area contributed by atoms with Gasteiger partial charge in [0.2, 0.25) is 0 Å². The summed E-state index contributed by atoms with van der Waals surface area (Å²) in [5.74, 6) is 0.229. The van der Waals surface area contributed by atoms with Gasteiger partial charge in [0.15, 0.2) is 0 Å². The van der Waals surface area contributed by atoms with Crippen LogP contribution >= 0.6 is 22.9 Å². The minimum atomic E-state index is -4.52. The number of alkyl halides is 3. The summed E-state index contributed by atoms with van der Waals surface area (Å²) in [6.07, 6.45) is -4.52. The molecular formula is C21H17ClF3NO2S. The molecule has 0 aliphatic heterocycles. The van der Waals surface area contributed by atoms with Crippen molar-refractivity contribution in [2.75, 3.05) is 5.32 Å². The van der Waals surface area contributed by atoms with Gasteiger partial charge in [-0.15, -0.1) is 11.3 Å². The van der Waals surface area contributed by atoms with E-state index in [1.165, 1.54) is 11.3 Å². The van der Waals surface area contributed by atoms with Crippen LogP contribution in [0.1, 0.15) is 31.9 Å². The van der Waals surface area contributed by atoms with Crippen LogP contribution in [0.4, 0.5) is 18.9 Å². The predicted molar refractivity (Wildman–Crippen MR) is 109 cm³/mol. The van der Waals surface area contributed by atoms with Gasteiger partial charge in [-0.05, 0) is 60.7 Å². The van der Waals surface area contributed by atoms with E-state index in [2.05, 4.69) is 5.32 Å². The molecule has 29 heavy (non-hydrogen) atoms. The lowest BCUT2D eigenvalue weighted by molar-refractivity contribution is -0.137. The molecule has 0 unspecified atom stereocenters. The molecule has 0 fully saturated rings. The number of carbonyl (C=O) groups is 1. The van der Waals surface area contributed by atoms with Crippen LogP contribution in [0.25, 0.3) is 0 Å². The van der Waals surface area contributed by atoms with Gasteiger partial charge in [0.1, 0.15) is 12.4 Å². The highest BCUT2D eigenvalue weighted by Crippen LogP contribution is 2.34. The first-order chi connectivity index (χ1) is 13.6. The Morgan fingerprint density at radius 2 is 1.93 bits per heavy atom. The van der Waals surface area contributed by atoms with Gasteiger partial charge in [-0.25, -0.2) is 0 Å². The number of rotatable bonds is 5. The lowest BCUT2D eigenvalue weighted by Crippen LogP contribution is -2.12. The fourth-order valence-electron chi connectivity index (χ4n) is 2.59. The summed E-state index contributed by atoms with van der Waals surface area (Å²) < 4.78 is 44.4. The largest absolute Gasteiger partial charge is 0.489 e. The summed E-state index contributed by atoms with van der Waals surface area (Å²) in [5.41, 5.74) is 1.97. The van der Waals surface area contributed by atoms with E-state index in [4.69, 9.17) is 16.3 Å². The van der Waals surface area contributed by atoms with Crippen LogP contribution < -0.4 is 10.1 Å². The summed E-state index contributed by atoms with van der Waals surface area (Å²) in [7, 11) is 0. The Kier molecular flexibility index (Phi) is 6.19. The van der Waals surface area contributed by atoms with E-state index in [0.717, 1.165) is 40.6 Å². The van der Waals surface area contributed by atoms with E-state index in [1.807, 2.05) is 32.0 Å². The number of nitrogens with one attached hydrogen (secondary N) is 1. The molecule has 1 aromatic heterocycles. The second-order valence-electron chi connectivity index (χ2n) is 6.45. The highest BCUT2D eigenvalue weighted by atomic mass is 35.5. The smallest absolute Gasteiger partial charge is 0.416 e. The summed E-state index contributed by atoms with van der Waals surface area (Å²) in [4.78, 5) is 12.8. The van der Waals surface area contributed by atoms with Crippen LogP contribution in [-0.4, -0.2) is 5.91 Å². The number of carbonyl (C=O) groups excluding carboxylic acids is 1. The highest BCUT2D eigenvalue weighted by molar-refractivity contribution is 7.12. The van der Waals surface area contributed by atoms with Crippen molar-refractivity contribution in [3.8, 4) is 5.75 Å². The number of ether oxygens (including phenoxy) is 1. The topological polar surface area (TPSA) is 38.3 Å². The maximum absolute atomic E-state index is 12.9. The van der Waals surface area contributed by atoms with Gasteiger partial charge in [0, 0.05) is 5.56 Å². The van der Waals surface area contributed by atoms with Crippen LogP contribution in [0.5, 0.6) is 5.75 Å². The SMILES string of the molecule is Cc1cccc(OCc2csc(C(=O)Nc3cc(C(F)(F)F)ccc3Cl)c2)c1C. The molecule has 0 bridgehead atoms. The molecule has 3 aromatic rings. The first kappa shape index (κ1) is 21.2. The average Bonchev–Trinajstić information content (AvgIpc) is 3.13. The third-order valence-corrected chi connectivity index (χ3v) is 5.68. The highest BCUT2D eigenvalue weighted by Gasteiger charge is 2.31. The number of hydrogen-bond acceptors (Lipinski definition) is 3. The number of amides is 1. The average molecular weight is 440 g/mol. The van der Waals surface area contributed by atoms with Crippen LogP contribution in [0.15, 0.2) is 47.8 Å². The minimum Gasteiger partial charge on any atom is -0.489 e. The monoisotopic (exact) mass is 439 g/mol. The number of benzene rings is 2. The Bertz CT molecular complexity index is 1050. The Hall–Kier alpha value is -2.51. The van der Waals surface area contributed by atoms with E-state index in [9.17, 15) is 18.0 Å². The maximum Gasteiger partial charge on any atom is 0.416 e. The summed E-state index contributed by atoms with van der Waals surface area (Å²) in [6.45, 7) is 4.24. The van der Waals surface area contributed by atoms with Gasteiger partial charge < -0.3 is 10.1 Å². The molecule has 152 valence electrons. The lowest BCUT2D eigenvalue weighted by atomic mass is 10.1. The van der Waals surface area contributed by atoms with E-state index in [1.54, 1.807) is 11.4 Å². The predicted octanol–water partition coefficient (Wildman–Crippen LogP) is 6.87. The number of halogens is 4. The van der Waals surface area contributed by atoms with E-state index < -0.39 is 17.6 Å². The molecular weight excluding hydrogens is 423 g/mol. The lowest BCUT2D eigenvalue weighted by Gasteiger charge is -2.11. The molecule has 8 heteroatoms. The van der Waals surface area contributed by atoms with Crippen molar-refractivity contribution in [1.29, 1.82) is 0 Å². The second-order valence-corrected chi connectivity index (χ2v) is 7.77. The molecule has 3 rings (SSSR count). The van der Waals surface area contributed by atoms with Gasteiger partial charge in [0.05, 0.1) is 21.2 Å². The van der Waals surface area contributed by atoms with Gasteiger partial charge in [-0.1, -0.05) is 23.7 Å². The molecule has 0 radical (unpaired) electrons. The zero-order chi connectivity index (χ0) is 21.2. The quantitative estimate of drug-likeness (QED) is 0.471. The van der Waals surface area contributed by atoms with Crippen molar-refractivity contribution in [2.45, 2.75) is 26.6 Å². The summed E-state index contributed by atoms with van der Waals surface area (Å²) >= 11 is 7.11. The first-order valence-corrected chi connectivity index (χ1v) is 9.85. The zero-order valence-electron chi connectivity index (χ0n) is 15.6. The van der Waals surface area contributed by atoms with Crippen molar-refractivity contribution >= 4 is 34.5 Å². The van der Waals surface area contributed by atoms with E-state index in [-0.39, 0.29) is 17.3 Å². The van der Waals surface area contributed by atoms with Gasteiger partial charge >= 0.3 is 6.18 Å². The van der Waals surface area contributed by atoms with Crippen LogP contribution in [0, 0.1) is 13.8 Å². The zero-order valence-corrected chi connectivity index (χ0v) is 17.1. The molecule has 3 nitrogen and oxygen atoms in total. The van der Waals surface area contributed by atoms with Crippen molar-refractivity contribution in [3.05, 3.63) is 80.0 Å². The van der Waals surface area contributed by atoms with Crippen molar-refractivity contribution < 1.29 is 22.7 Å². The maximum atomic E-state index is 12.9. The fraction of sp³-hybridized carbons (Fsp3) is 0.190. The molecule has 0 saturated heterocycles. The number of anilines is 1. The van der Waals surface area contributed by atoms with Gasteiger partial charge in [-0.2, -0.15) is 13.2 Å². The second kappa shape index (κ2) is 8.47. The normalized spacial score (nSPS) is 11.4. The molecule has 0 spiro atoms. The summed E-state index contributed by atoms with van der Waals surface area (Å²) in [6, 6.07) is 10.2. The summed E-state index contributed by atoms with van der Waals surface area (Å²) in [5, 5.41) is 4.24. The van der Waals surface area contributed by atoms with Crippen molar-refractivity contribution in [1.82, 2.24) is 0 Å². The minimum absolute atomic E-state index is 0.0291. The van der Waals surface area contributed by atoms with Crippen LogP contribution in [-0.2, 0) is 12.8 Å². The standard InChI is InChI=1S/C21H17ClF3NO2S/c1-12-4-3-5-18(13(12)2)28-10-14-8-19(29-11-14)20(27)26-17-9-15(21(23,24)25)6-7-16(17)22/h3-9,11H,10H2,1-2H3,(H,26,27).